The van der Waals surface area contributed by atoms with Gasteiger partial charge in [0.15, 0.2) is 0 Å². The molecule has 25 heavy (non-hydrogen) atoms. The summed E-state index contributed by atoms with van der Waals surface area (Å²) in [4.78, 5) is 12.4. The van der Waals surface area contributed by atoms with E-state index in [1.54, 1.807) is 32.9 Å². The molecule has 1 amide bonds. The number of carbonyl (C=O) groups is 1. The molecule has 2 aromatic rings. The van der Waals surface area contributed by atoms with Crippen molar-refractivity contribution in [1.82, 2.24) is 4.31 Å². The first-order valence-electron chi connectivity index (χ1n) is 7.98. The molecular weight excluding hydrogens is 343 g/mol. The number of sulfonamides is 1. The molecule has 0 aliphatic carbocycles. The molecule has 1 N–H and O–H groups in total. The zero-order chi connectivity index (χ0) is 18.6. The van der Waals surface area contributed by atoms with Crippen LogP contribution >= 0.6 is 0 Å². The highest BCUT2D eigenvalue weighted by atomic mass is 32.2. The number of hydrogen-bond donors (Lipinski definition) is 1. The van der Waals surface area contributed by atoms with Gasteiger partial charge in [-0.1, -0.05) is 32.0 Å². The molecule has 0 spiro atoms. The smallest absolute Gasteiger partial charge is 0.258 e. The molecule has 0 aromatic heterocycles. The molecule has 2 aromatic carbocycles. The van der Waals surface area contributed by atoms with E-state index in [9.17, 15) is 17.6 Å². The number of benzene rings is 2. The molecule has 5 nitrogen and oxygen atoms in total. The van der Waals surface area contributed by atoms with Gasteiger partial charge in [0.05, 0.1) is 10.5 Å². The first kappa shape index (κ1) is 19.1. The molecule has 0 saturated heterocycles. The summed E-state index contributed by atoms with van der Waals surface area (Å²) >= 11 is 0. The Morgan fingerprint density at radius 3 is 2.36 bits per heavy atom. The topological polar surface area (TPSA) is 66.5 Å². The van der Waals surface area contributed by atoms with Crippen molar-refractivity contribution in [2.45, 2.75) is 25.7 Å². The Hall–Kier alpha value is -2.25. The lowest BCUT2D eigenvalue weighted by Crippen LogP contribution is -2.30. The number of hydrogen-bond acceptors (Lipinski definition) is 3. The summed E-state index contributed by atoms with van der Waals surface area (Å²) in [7, 11) is -3.64. The minimum Gasteiger partial charge on any atom is -0.322 e. The molecule has 0 atom stereocenters. The van der Waals surface area contributed by atoms with E-state index in [2.05, 4.69) is 5.32 Å². The predicted octanol–water partition coefficient (Wildman–Crippen LogP) is 3.42. The molecule has 0 radical (unpaired) electrons. The van der Waals surface area contributed by atoms with E-state index in [1.807, 2.05) is 0 Å². The first-order chi connectivity index (χ1) is 11.8. The van der Waals surface area contributed by atoms with Crippen LogP contribution in [0.3, 0.4) is 0 Å². The number of nitrogens with zero attached hydrogens (tertiary/aromatic N) is 1. The predicted molar refractivity (Wildman–Crippen MR) is 95.6 cm³/mol. The van der Waals surface area contributed by atoms with Gasteiger partial charge >= 0.3 is 0 Å². The Morgan fingerprint density at radius 1 is 1.12 bits per heavy atom. The van der Waals surface area contributed by atoms with Crippen LogP contribution in [0.4, 0.5) is 10.1 Å². The van der Waals surface area contributed by atoms with Crippen LogP contribution in [0.25, 0.3) is 0 Å². The van der Waals surface area contributed by atoms with Crippen LogP contribution in [0, 0.1) is 12.7 Å². The molecule has 2 rings (SSSR count). The fourth-order valence-corrected chi connectivity index (χ4v) is 3.93. The largest absolute Gasteiger partial charge is 0.322 e. The van der Waals surface area contributed by atoms with Gasteiger partial charge < -0.3 is 5.32 Å². The Kier molecular flexibility index (Phi) is 5.92. The van der Waals surface area contributed by atoms with E-state index >= 15 is 0 Å². The zero-order valence-electron chi connectivity index (χ0n) is 14.4. The highest BCUT2D eigenvalue weighted by Crippen LogP contribution is 2.23. The lowest BCUT2D eigenvalue weighted by atomic mass is 10.1. The average molecular weight is 364 g/mol. The van der Waals surface area contributed by atoms with Crippen LogP contribution in [-0.2, 0) is 10.0 Å². The molecule has 0 unspecified atom stereocenters. The normalized spacial score (nSPS) is 11.6. The van der Waals surface area contributed by atoms with Crippen molar-refractivity contribution in [3.05, 3.63) is 59.4 Å². The van der Waals surface area contributed by atoms with E-state index < -0.39 is 21.7 Å². The van der Waals surface area contributed by atoms with Crippen LogP contribution in [-0.4, -0.2) is 31.7 Å². The van der Waals surface area contributed by atoms with Crippen LogP contribution in [0.1, 0.15) is 29.8 Å². The van der Waals surface area contributed by atoms with Gasteiger partial charge in [0.25, 0.3) is 5.91 Å². The highest BCUT2D eigenvalue weighted by Gasteiger charge is 2.22. The van der Waals surface area contributed by atoms with Crippen LogP contribution in [0.15, 0.2) is 47.4 Å². The summed E-state index contributed by atoms with van der Waals surface area (Å²) < 4.78 is 40.3. The SMILES string of the molecule is CCN(CC)S(=O)(=O)c1ccc(C)c(NC(=O)c2ccccc2F)c1. The number of anilines is 1. The molecule has 7 heteroatoms. The third-order valence-corrected chi connectivity index (χ3v) is 5.96. The van der Waals surface area contributed by atoms with Crippen LogP contribution in [0.5, 0.6) is 0 Å². The van der Waals surface area contributed by atoms with E-state index in [-0.39, 0.29) is 10.5 Å². The van der Waals surface area contributed by atoms with E-state index in [4.69, 9.17) is 0 Å². The average Bonchev–Trinajstić information content (AvgIpc) is 2.57. The van der Waals surface area contributed by atoms with Gasteiger partial charge in [0, 0.05) is 18.8 Å². The van der Waals surface area contributed by atoms with Gasteiger partial charge in [-0.15, -0.1) is 0 Å². The van der Waals surface area contributed by atoms with Crippen LogP contribution < -0.4 is 5.32 Å². The Bertz CT molecular complexity index is 878. The maximum atomic E-state index is 13.7. The molecule has 134 valence electrons. The molecule has 0 fully saturated rings. The molecular formula is C18H21FN2O3S. The highest BCUT2D eigenvalue weighted by molar-refractivity contribution is 7.89. The van der Waals surface area contributed by atoms with E-state index in [0.29, 0.717) is 24.3 Å². The first-order valence-corrected chi connectivity index (χ1v) is 9.42. The van der Waals surface area contributed by atoms with Crippen LogP contribution in [0.2, 0.25) is 0 Å². The Balaban J connectivity index is 2.37. The summed E-state index contributed by atoms with van der Waals surface area (Å²) in [6.45, 7) is 5.96. The second-order valence-electron chi connectivity index (χ2n) is 5.50. The summed E-state index contributed by atoms with van der Waals surface area (Å²) in [5.74, 6) is -1.26. The number of carbonyl (C=O) groups excluding carboxylic acids is 1. The second-order valence-corrected chi connectivity index (χ2v) is 7.44. The van der Waals surface area contributed by atoms with Crippen molar-refractivity contribution in [2.24, 2.45) is 0 Å². The minimum atomic E-state index is -3.64. The van der Waals surface area contributed by atoms with Crippen molar-refractivity contribution >= 4 is 21.6 Å². The van der Waals surface area contributed by atoms with E-state index in [0.717, 1.165) is 0 Å². The fourth-order valence-electron chi connectivity index (χ4n) is 2.44. The molecule has 0 aliphatic heterocycles. The summed E-state index contributed by atoms with van der Waals surface area (Å²) in [6.07, 6.45) is 0. The van der Waals surface area contributed by atoms with Crippen molar-refractivity contribution < 1.29 is 17.6 Å². The third kappa shape index (κ3) is 4.05. The van der Waals surface area contributed by atoms with Crippen molar-refractivity contribution in [1.29, 1.82) is 0 Å². The molecule has 0 saturated carbocycles. The number of rotatable bonds is 6. The lowest BCUT2D eigenvalue weighted by molar-refractivity contribution is 0.102. The standard InChI is InChI=1S/C18H21FN2O3S/c1-4-21(5-2)25(23,24)14-11-10-13(3)17(12-14)20-18(22)15-8-6-7-9-16(15)19/h6-12H,4-5H2,1-3H3,(H,20,22). The van der Waals surface area contributed by atoms with Gasteiger partial charge in [0.2, 0.25) is 10.0 Å². The van der Waals surface area contributed by atoms with E-state index in [1.165, 1.54) is 34.6 Å². The van der Waals surface area contributed by atoms with Gasteiger partial charge in [-0.25, -0.2) is 12.8 Å². The van der Waals surface area contributed by atoms with Crippen molar-refractivity contribution in [2.75, 3.05) is 18.4 Å². The minimum absolute atomic E-state index is 0.0885. The number of aryl methyl sites for hydroxylation is 1. The third-order valence-electron chi connectivity index (χ3n) is 3.92. The molecule has 0 aliphatic rings. The maximum absolute atomic E-state index is 13.7. The summed E-state index contributed by atoms with van der Waals surface area (Å²) in [5, 5.41) is 2.59. The van der Waals surface area contributed by atoms with Gasteiger partial charge in [-0.2, -0.15) is 4.31 Å². The molecule has 0 bridgehead atoms. The maximum Gasteiger partial charge on any atom is 0.258 e. The number of halogens is 1. The number of amides is 1. The summed E-state index contributed by atoms with van der Waals surface area (Å²) in [6, 6.07) is 10.1. The zero-order valence-corrected chi connectivity index (χ0v) is 15.2. The van der Waals surface area contributed by atoms with Crippen molar-refractivity contribution in [3.8, 4) is 0 Å². The summed E-state index contributed by atoms with van der Waals surface area (Å²) in [5.41, 5.74) is 0.920. The number of nitrogens with one attached hydrogen (secondary N) is 1. The Morgan fingerprint density at radius 2 is 1.76 bits per heavy atom. The van der Waals surface area contributed by atoms with Gasteiger partial charge in [-0.3, -0.25) is 4.79 Å². The van der Waals surface area contributed by atoms with Gasteiger partial charge in [0.1, 0.15) is 5.82 Å². The fraction of sp³-hybridized carbons (Fsp3) is 0.278. The monoisotopic (exact) mass is 364 g/mol. The second kappa shape index (κ2) is 7.76. The van der Waals surface area contributed by atoms with Crippen molar-refractivity contribution in [3.63, 3.8) is 0 Å². The lowest BCUT2D eigenvalue weighted by Gasteiger charge is -2.19. The molecule has 0 heterocycles. The Labute approximate surface area is 147 Å². The van der Waals surface area contributed by atoms with Gasteiger partial charge in [-0.05, 0) is 36.8 Å². The quantitative estimate of drug-likeness (QED) is 0.854.